The molecule has 142 valence electrons. The predicted molar refractivity (Wildman–Crippen MR) is 107 cm³/mol. The van der Waals surface area contributed by atoms with E-state index in [4.69, 9.17) is 4.98 Å². The van der Waals surface area contributed by atoms with Gasteiger partial charge in [-0.2, -0.15) is 10.4 Å². The summed E-state index contributed by atoms with van der Waals surface area (Å²) in [5.41, 5.74) is 2.88. The summed E-state index contributed by atoms with van der Waals surface area (Å²) < 4.78 is 1.61. The Hall–Kier alpha value is -3.40. The molecule has 7 nitrogen and oxygen atoms in total. The molecule has 1 amide bonds. The van der Waals surface area contributed by atoms with Crippen LogP contribution in [0, 0.1) is 18.3 Å². The first-order valence-corrected chi connectivity index (χ1v) is 9.41. The number of nitrogens with one attached hydrogen (secondary N) is 1. The maximum atomic E-state index is 12.5. The van der Waals surface area contributed by atoms with Crippen molar-refractivity contribution in [1.82, 2.24) is 20.1 Å². The molecule has 0 saturated carbocycles. The largest absolute Gasteiger partial charge is 0.356 e. The summed E-state index contributed by atoms with van der Waals surface area (Å²) in [6.45, 7) is 3.44. The number of carbonyl (C=O) groups excluding carboxylic acids is 1. The maximum absolute atomic E-state index is 12.5. The fourth-order valence-electron chi connectivity index (χ4n) is 3.75. The van der Waals surface area contributed by atoms with Gasteiger partial charge in [-0.25, -0.2) is 4.98 Å². The van der Waals surface area contributed by atoms with Gasteiger partial charge in [0.2, 0.25) is 0 Å². The van der Waals surface area contributed by atoms with Crippen molar-refractivity contribution in [2.45, 2.75) is 25.8 Å². The number of pyridine rings is 1. The molecule has 2 aromatic heterocycles. The standard InChI is InChI=1S/C21H22N6O/c1-14-11-19(26(2)25-14)21(28)23-16-7-9-27(10-8-16)20-12-15(13-22)17-5-3-4-6-18(17)24-20/h3-6,11-12,16H,7-10H2,1-2H3,(H,23,28). The molecule has 1 aliphatic heterocycles. The van der Waals surface area contributed by atoms with Crippen LogP contribution in [0.3, 0.4) is 0 Å². The van der Waals surface area contributed by atoms with Crippen LogP contribution < -0.4 is 10.2 Å². The highest BCUT2D eigenvalue weighted by atomic mass is 16.2. The molecule has 0 aliphatic carbocycles. The average Bonchev–Trinajstić information content (AvgIpc) is 3.06. The van der Waals surface area contributed by atoms with Gasteiger partial charge in [-0.05, 0) is 38.0 Å². The highest BCUT2D eigenvalue weighted by Crippen LogP contribution is 2.25. The number of nitrogens with zero attached hydrogens (tertiary/aromatic N) is 5. The second-order valence-corrected chi connectivity index (χ2v) is 7.19. The topological polar surface area (TPSA) is 86.8 Å². The summed E-state index contributed by atoms with van der Waals surface area (Å²) in [7, 11) is 1.78. The van der Waals surface area contributed by atoms with Crippen molar-refractivity contribution < 1.29 is 4.79 Å². The number of benzene rings is 1. The monoisotopic (exact) mass is 374 g/mol. The number of hydrogen-bond acceptors (Lipinski definition) is 5. The van der Waals surface area contributed by atoms with Gasteiger partial charge in [0.05, 0.1) is 22.8 Å². The van der Waals surface area contributed by atoms with E-state index in [-0.39, 0.29) is 11.9 Å². The van der Waals surface area contributed by atoms with E-state index in [1.54, 1.807) is 17.8 Å². The van der Waals surface area contributed by atoms with Gasteiger partial charge in [-0.1, -0.05) is 18.2 Å². The van der Waals surface area contributed by atoms with E-state index in [0.717, 1.165) is 48.3 Å². The summed E-state index contributed by atoms with van der Waals surface area (Å²) in [5.74, 6) is 0.736. The van der Waals surface area contributed by atoms with Gasteiger partial charge in [-0.3, -0.25) is 9.48 Å². The molecule has 0 spiro atoms. The van der Waals surface area contributed by atoms with Crippen LogP contribution in [0.2, 0.25) is 0 Å². The number of aromatic nitrogens is 3. The first-order valence-electron chi connectivity index (χ1n) is 9.41. The lowest BCUT2D eigenvalue weighted by Crippen LogP contribution is -2.45. The van der Waals surface area contributed by atoms with Crippen molar-refractivity contribution in [3.8, 4) is 6.07 Å². The Kier molecular flexibility index (Phi) is 4.70. The van der Waals surface area contributed by atoms with Gasteiger partial charge in [-0.15, -0.1) is 0 Å². The molecular weight excluding hydrogens is 352 g/mol. The van der Waals surface area contributed by atoms with Crippen LogP contribution in [-0.2, 0) is 7.05 Å². The third-order valence-corrected chi connectivity index (χ3v) is 5.21. The van der Waals surface area contributed by atoms with E-state index in [1.807, 2.05) is 37.3 Å². The van der Waals surface area contributed by atoms with Gasteiger partial charge in [0.25, 0.3) is 5.91 Å². The van der Waals surface area contributed by atoms with E-state index in [2.05, 4.69) is 21.4 Å². The number of anilines is 1. The highest BCUT2D eigenvalue weighted by Gasteiger charge is 2.23. The van der Waals surface area contributed by atoms with E-state index in [1.165, 1.54) is 0 Å². The van der Waals surface area contributed by atoms with Gasteiger partial charge >= 0.3 is 0 Å². The molecule has 3 heterocycles. The molecule has 4 rings (SSSR count). The number of nitriles is 1. The number of piperidine rings is 1. The van der Waals surface area contributed by atoms with Crippen molar-refractivity contribution in [1.29, 1.82) is 5.26 Å². The average molecular weight is 374 g/mol. The van der Waals surface area contributed by atoms with Crippen LogP contribution in [0.5, 0.6) is 0 Å². The molecule has 1 aliphatic rings. The zero-order valence-corrected chi connectivity index (χ0v) is 16.0. The van der Waals surface area contributed by atoms with Gasteiger partial charge < -0.3 is 10.2 Å². The zero-order chi connectivity index (χ0) is 19.7. The van der Waals surface area contributed by atoms with E-state index < -0.39 is 0 Å². The first kappa shape index (κ1) is 18.0. The van der Waals surface area contributed by atoms with Crippen LogP contribution in [0.25, 0.3) is 10.9 Å². The van der Waals surface area contributed by atoms with Gasteiger partial charge in [0.1, 0.15) is 11.5 Å². The maximum Gasteiger partial charge on any atom is 0.269 e. The summed E-state index contributed by atoms with van der Waals surface area (Å²) in [6, 6.07) is 13.8. The third kappa shape index (κ3) is 3.41. The highest BCUT2D eigenvalue weighted by molar-refractivity contribution is 5.93. The molecular formula is C21H22N6O. The molecule has 1 N–H and O–H groups in total. The van der Waals surface area contributed by atoms with E-state index in [0.29, 0.717) is 11.3 Å². The van der Waals surface area contributed by atoms with Crippen molar-refractivity contribution in [3.63, 3.8) is 0 Å². The van der Waals surface area contributed by atoms with Gasteiger partial charge in [0, 0.05) is 31.6 Å². The Morgan fingerprint density at radius 3 is 2.68 bits per heavy atom. The molecule has 0 radical (unpaired) electrons. The minimum Gasteiger partial charge on any atom is -0.356 e. The molecule has 28 heavy (non-hydrogen) atoms. The Bertz CT molecular complexity index is 1070. The number of fused-ring (bicyclic) bond motifs is 1. The fraction of sp³-hybridized carbons (Fsp3) is 0.333. The lowest BCUT2D eigenvalue weighted by molar-refractivity contribution is 0.0921. The van der Waals surface area contributed by atoms with Crippen molar-refractivity contribution in [2.24, 2.45) is 7.05 Å². The van der Waals surface area contributed by atoms with E-state index in [9.17, 15) is 10.1 Å². The van der Waals surface area contributed by atoms with Gasteiger partial charge in [0.15, 0.2) is 0 Å². The third-order valence-electron chi connectivity index (χ3n) is 5.21. The molecule has 3 aromatic rings. The Morgan fingerprint density at radius 2 is 2.00 bits per heavy atom. The number of amides is 1. The molecule has 0 unspecified atom stereocenters. The molecule has 1 fully saturated rings. The quantitative estimate of drug-likeness (QED) is 0.761. The van der Waals surface area contributed by atoms with Crippen LogP contribution in [0.15, 0.2) is 36.4 Å². The lowest BCUT2D eigenvalue weighted by Gasteiger charge is -2.33. The Morgan fingerprint density at radius 1 is 1.25 bits per heavy atom. The van der Waals surface area contributed by atoms with Crippen LogP contribution in [-0.4, -0.2) is 39.8 Å². The van der Waals surface area contributed by atoms with Crippen LogP contribution in [0.4, 0.5) is 5.82 Å². The molecule has 0 bridgehead atoms. The van der Waals surface area contributed by atoms with Crippen LogP contribution >= 0.6 is 0 Å². The SMILES string of the molecule is Cc1cc(C(=O)NC2CCN(c3cc(C#N)c4ccccc4n3)CC2)n(C)n1. The normalized spacial score (nSPS) is 14.8. The number of carbonyl (C=O) groups is 1. The summed E-state index contributed by atoms with van der Waals surface area (Å²) >= 11 is 0. The number of aryl methyl sites for hydroxylation is 2. The second-order valence-electron chi connectivity index (χ2n) is 7.19. The first-order chi connectivity index (χ1) is 13.5. The van der Waals surface area contributed by atoms with Crippen molar-refractivity contribution in [3.05, 3.63) is 53.3 Å². The van der Waals surface area contributed by atoms with Crippen molar-refractivity contribution >= 4 is 22.6 Å². The zero-order valence-electron chi connectivity index (χ0n) is 16.0. The summed E-state index contributed by atoms with van der Waals surface area (Å²) in [6.07, 6.45) is 1.66. The number of para-hydroxylation sites is 1. The van der Waals surface area contributed by atoms with Crippen molar-refractivity contribution in [2.75, 3.05) is 18.0 Å². The minimum absolute atomic E-state index is 0.0860. The molecule has 1 aromatic carbocycles. The lowest BCUT2D eigenvalue weighted by atomic mass is 10.0. The van der Waals surface area contributed by atoms with E-state index >= 15 is 0 Å². The Balaban J connectivity index is 1.44. The molecule has 1 saturated heterocycles. The predicted octanol–water partition coefficient (Wildman–Crippen LogP) is 2.55. The Labute approximate surface area is 163 Å². The smallest absolute Gasteiger partial charge is 0.269 e. The summed E-state index contributed by atoms with van der Waals surface area (Å²) in [5, 5.41) is 17.7. The fourth-order valence-corrected chi connectivity index (χ4v) is 3.75. The molecule has 7 heteroatoms. The molecule has 0 atom stereocenters. The number of rotatable bonds is 3. The second kappa shape index (κ2) is 7.31. The summed E-state index contributed by atoms with van der Waals surface area (Å²) in [4.78, 5) is 19.4. The number of hydrogen-bond donors (Lipinski definition) is 1. The van der Waals surface area contributed by atoms with Crippen LogP contribution in [0.1, 0.15) is 34.6 Å². The minimum atomic E-state index is -0.0860.